The van der Waals surface area contributed by atoms with E-state index in [0.717, 1.165) is 16.9 Å². The van der Waals surface area contributed by atoms with Crippen molar-refractivity contribution in [3.8, 4) is 5.75 Å². The molecule has 1 rings (SSSR count). The Morgan fingerprint density at radius 2 is 2.14 bits per heavy atom. The number of aromatic carboxylic acids is 1. The summed E-state index contributed by atoms with van der Waals surface area (Å²) < 4.78 is 9.79. The summed E-state index contributed by atoms with van der Waals surface area (Å²) in [7, 11) is 2.98. The van der Waals surface area contributed by atoms with Gasteiger partial charge in [0.05, 0.1) is 14.2 Å². The molecule has 0 aromatic heterocycles. The normalized spacial score (nSPS) is 9.86. The summed E-state index contributed by atoms with van der Waals surface area (Å²) in [4.78, 5) is 11.5. The quantitative estimate of drug-likeness (QED) is 0.777. The standard InChI is InChI=1S/C9H10O4S/c1-12-8-5-6(14-13-2)3-4-7(8)9(10)11/h3-5H,1-2H3,(H,10,11). The number of carboxylic acids is 1. The van der Waals surface area contributed by atoms with Gasteiger partial charge in [-0.25, -0.2) is 4.79 Å². The fraction of sp³-hybridized carbons (Fsp3) is 0.222. The van der Waals surface area contributed by atoms with Gasteiger partial charge in [0, 0.05) is 16.9 Å². The molecule has 1 aromatic rings. The second-order valence-electron chi connectivity index (χ2n) is 2.42. The molecule has 0 saturated heterocycles. The molecule has 5 heteroatoms. The van der Waals surface area contributed by atoms with Gasteiger partial charge in [0.1, 0.15) is 11.3 Å². The van der Waals surface area contributed by atoms with Crippen LogP contribution in [0.3, 0.4) is 0 Å². The van der Waals surface area contributed by atoms with Crippen LogP contribution in [0.4, 0.5) is 0 Å². The van der Waals surface area contributed by atoms with Crippen molar-refractivity contribution < 1.29 is 18.8 Å². The fourth-order valence-electron chi connectivity index (χ4n) is 0.996. The van der Waals surface area contributed by atoms with Crippen LogP contribution in [0.1, 0.15) is 10.4 Å². The first-order chi connectivity index (χ1) is 6.69. The Kier molecular flexibility index (Phi) is 3.79. The predicted molar refractivity (Wildman–Crippen MR) is 52.8 cm³/mol. The average Bonchev–Trinajstić information content (AvgIpc) is 2.17. The van der Waals surface area contributed by atoms with Gasteiger partial charge in [0.25, 0.3) is 0 Å². The molecule has 0 aliphatic heterocycles. The van der Waals surface area contributed by atoms with Crippen LogP contribution in [0.2, 0.25) is 0 Å². The molecule has 0 atom stereocenters. The third-order valence-electron chi connectivity index (χ3n) is 1.58. The minimum Gasteiger partial charge on any atom is -0.496 e. The summed E-state index contributed by atoms with van der Waals surface area (Å²) in [6, 6.07) is 4.78. The molecule has 0 heterocycles. The molecule has 0 bridgehead atoms. The second kappa shape index (κ2) is 4.88. The maximum atomic E-state index is 10.7. The molecule has 1 aromatic carbocycles. The third-order valence-corrected chi connectivity index (χ3v) is 2.20. The Balaban J connectivity index is 3.05. The van der Waals surface area contributed by atoms with Crippen molar-refractivity contribution in [2.45, 2.75) is 4.90 Å². The lowest BCUT2D eigenvalue weighted by atomic mass is 10.2. The smallest absolute Gasteiger partial charge is 0.339 e. The van der Waals surface area contributed by atoms with E-state index < -0.39 is 5.97 Å². The molecular weight excluding hydrogens is 204 g/mol. The minimum absolute atomic E-state index is 0.146. The molecule has 4 nitrogen and oxygen atoms in total. The molecule has 0 radical (unpaired) electrons. The van der Waals surface area contributed by atoms with Crippen molar-refractivity contribution >= 4 is 18.0 Å². The lowest BCUT2D eigenvalue weighted by molar-refractivity contribution is 0.0693. The number of hydrogen-bond donors (Lipinski definition) is 1. The predicted octanol–water partition coefficient (Wildman–Crippen LogP) is 2.05. The summed E-state index contributed by atoms with van der Waals surface area (Å²) in [6.45, 7) is 0. The van der Waals surface area contributed by atoms with Crippen molar-refractivity contribution in [2.75, 3.05) is 14.2 Å². The van der Waals surface area contributed by atoms with Gasteiger partial charge in [0.15, 0.2) is 0 Å². The molecule has 1 N–H and O–H groups in total. The van der Waals surface area contributed by atoms with Crippen molar-refractivity contribution in [3.05, 3.63) is 23.8 Å². The Labute approximate surface area is 86.0 Å². The number of rotatable bonds is 4. The summed E-state index contributed by atoms with van der Waals surface area (Å²) >= 11 is 1.15. The van der Waals surface area contributed by atoms with Crippen LogP contribution < -0.4 is 4.74 Å². The van der Waals surface area contributed by atoms with Crippen LogP contribution in [0, 0.1) is 0 Å². The van der Waals surface area contributed by atoms with E-state index >= 15 is 0 Å². The monoisotopic (exact) mass is 214 g/mol. The number of hydrogen-bond acceptors (Lipinski definition) is 4. The lowest BCUT2D eigenvalue weighted by Gasteiger charge is -2.06. The molecule has 0 spiro atoms. The summed E-state index contributed by atoms with van der Waals surface area (Å²) in [5, 5.41) is 8.80. The number of ether oxygens (including phenoxy) is 1. The van der Waals surface area contributed by atoms with E-state index in [2.05, 4.69) is 0 Å². The largest absolute Gasteiger partial charge is 0.496 e. The summed E-state index contributed by atoms with van der Waals surface area (Å²) in [5.74, 6) is -0.671. The van der Waals surface area contributed by atoms with E-state index in [1.54, 1.807) is 19.2 Å². The highest BCUT2D eigenvalue weighted by molar-refractivity contribution is 7.94. The Bertz CT molecular complexity index is 338. The van der Waals surface area contributed by atoms with E-state index in [0.29, 0.717) is 5.75 Å². The maximum Gasteiger partial charge on any atom is 0.339 e. The average molecular weight is 214 g/mol. The number of benzene rings is 1. The van der Waals surface area contributed by atoms with Gasteiger partial charge >= 0.3 is 5.97 Å². The van der Waals surface area contributed by atoms with Crippen LogP contribution in [0.15, 0.2) is 23.1 Å². The first-order valence-electron chi connectivity index (χ1n) is 3.81. The van der Waals surface area contributed by atoms with Gasteiger partial charge in [-0.05, 0) is 18.2 Å². The number of carbonyl (C=O) groups is 1. The zero-order chi connectivity index (χ0) is 10.6. The Morgan fingerprint density at radius 3 is 2.64 bits per heavy atom. The fourth-order valence-corrected chi connectivity index (χ4v) is 1.47. The van der Waals surface area contributed by atoms with Gasteiger partial charge in [-0.3, -0.25) is 0 Å². The molecule has 0 aliphatic carbocycles. The molecule has 0 saturated carbocycles. The van der Waals surface area contributed by atoms with E-state index in [1.165, 1.54) is 13.2 Å². The van der Waals surface area contributed by atoms with Gasteiger partial charge in [0.2, 0.25) is 0 Å². The topological polar surface area (TPSA) is 55.8 Å². The van der Waals surface area contributed by atoms with Gasteiger partial charge in [-0.15, -0.1) is 0 Å². The van der Waals surface area contributed by atoms with Crippen LogP contribution in [-0.2, 0) is 4.18 Å². The Hall–Kier alpha value is -1.20. The summed E-state index contributed by atoms with van der Waals surface area (Å²) in [5.41, 5.74) is 0.146. The SMILES string of the molecule is COSc1ccc(C(=O)O)c(OC)c1. The van der Waals surface area contributed by atoms with Crippen molar-refractivity contribution in [1.29, 1.82) is 0 Å². The molecule has 0 fully saturated rings. The van der Waals surface area contributed by atoms with Crippen molar-refractivity contribution in [3.63, 3.8) is 0 Å². The van der Waals surface area contributed by atoms with Crippen LogP contribution in [0.25, 0.3) is 0 Å². The number of methoxy groups -OCH3 is 1. The third kappa shape index (κ3) is 2.40. The Morgan fingerprint density at radius 1 is 1.43 bits per heavy atom. The summed E-state index contributed by atoms with van der Waals surface area (Å²) in [6.07, 6.45) is 0. The molecular formula is C9H10O4S. The van der Waals surface area contributed by atoms with Crippen LogP contribution >= 0.6 is 12.0 Å². The van der Waals surface area contributed by atoms with E-state index in [4.69, 9.17) is 14.0 Å². The molecule has 14 heavy (non-hydrogen) atoms. The zero-order valence-corrected chi connectivity index (χ0v) is 8.63. The van der Waals surface area contributed by atoms with Gasteiger partial charge < -0.3 is 14.0 Å². The first-order valence-corrected chi connectivity index (χ1v) is 4.55. The first kappa shape index (κ1) is 10.9. The highest BCUT2D eigenvalue weighted by Gasteiger charge is 2.11. The van der Waals surface area contributed by atoms with Crippen LogP contribution in [0.5, 0.6) is 5.75 Å². The lowest BCUT2D eigenvalue weighted by Crippen LogP contribution is -2.00. The van der Waals surface area contributed by atoms with Crippen LogP contribution in [-0.4, -0.2) is 25.3 Å². The van der Waals surface area contributed by atoms with Crippen molar-refractivity contribution in [2.24, 2.45) is 0 Å². The minimum atomic E-state index is -1.00. The molecule has 0 amide bonds. The molecule has 0 aliphatic rings. The van der Waals surface area contributed by atoms with Crippen molar-refractivity contribution in [1.82, 2.24) is 0 Å². The van der Waals surface area contributed by atoms with E-state index in [9.17, 15) is 4.79 Å². The van der Waals surface area contributed by atoms with Gasteiger partial charge in [-0.2, -0.15) is 0 Å². The molecule has 0 unspecified atom stereocenters. The zero-order valence-electron chi connectivity index (χ0n) is 7.81. The number of carboxylic acid groups (broad SMARTS) is 1. The maximum absolute atomic E-state index is 10.7. The second-order valence-corrected chi connectivity index (χ2v) is 3.39. The highest BCUT2D eigenvalue weighted by atomic mass is 32.2. The molecule has 76 valence electrons. The highest BCUT2D eigenvalue weighted by Crippen LogP contribution is 2.26. The van der Waals surface area contributed by atoms with Gasteiger partial charge in [-0.1, -0.05) is 0 Å². The van der Waals surface area contributed by atoms with E-state index in [-0.39, 0.29) is 5.56 Å². The van der Waals surface area contributed by atoms with E-state index in [1.807, 2.05) is 0 Å².